The molecular weight excluding hydrogens is 335 g/mol. The fraction of sp³-hybridized carbons (Fsp3) is 0.333. The monoisotopic (exact) mass is 352 g/mol. The van der Waals surface area contributed by atoms with Crippen molar-refractivity contribution in [3.63, 3.8) is 0 Å². The number of hydrogen-bond acceptors (Lipinski definition) is 4. The zero-order valence-corrected chi connectivity index (χ0v) is 14.0. The summed E-state index contributed by atoms with van der Waals surface area (Å²) < 4.78 is 17.9. The largest absolute Gasteiger partial charge is 0.328 e. The highest BCUT2D eigenvalue weighted by atomic mass is 19.1. The number of nitrogens with zero attached hydrogens (tertiary/aromatic N) is 6. The van der Waals surface area contributed by atoms with E-state index in [1.165, 1.54) is 0 Å². The van der Waals surface area contributed by atoms with E-state index in [4.69, 9.17) is 0 Å². The van der Waals surface area contributed by atoms with E-state index in [1.54, 1.807) is 15.8 Å². The Kier molecular flexibility index (Phi) is 3.37. The van der Waals surface area contributed by atoms with Crippen molar-refractivity contribution in [2.45, 2.75) is 31.7 Å². The van der Waals surface area contributed by atoms with Crippen LogP contribution in [-0.2, 0) is 13.1 Å². The zero-order chi connectivity index (χ0) is 17.7. The predicted octanol–water partition coefficient (Wildman–Crippen LogP) is 2.13. The molecule has 2 aromatic heterocycles. The summed E-state index contributed by atoms with van der Waals surface area (Å²) in [7, 11) is 0. The first-order chi connectivity index (χ1) is 12.7. The first-order valence-corrected chi connectivity index (χ1v) is 8.66. The Morgan fingerprint density at radius 3 is 2.85 bits per heavy atom. The highest BCUT2D eigenvalue weighted by Gasteiger charge is 2.37. The van der Waals surface area contributed by atoms with Gasteiger partial charge in [-0.05, 0) is 11.6 Å². The molecule has 7 nitrogen and oxygen atoms in total. The maximum atomic E-state index is 14.5. The molecule has 0 saturated carbocycles. The summed E-state index contributed by atoms with van der Waals surface area (Å²) >= 11 is 0. The van der Waals surface area contributed by atoms with E-state index in [2.05, 4.69) is 15.2 Å². The topological polar surface area (TPSA) is 68.8 Å². The Morgan fingerprint density at radius 2 is 2.00 bits per heavy atom. The number of benzene rings is 1. The van der Waals surface area contributed by atoms with Gasteiger partial charge >= 0.3 is 0 Å². The van der Waals surface area contributed by atoms with Gasteiger partial charge in [0.1, 0.15) is 0 Å². The summed E-state index contributed by atoms with van der Waals surface area (Å²) in [5.41, 5.74) is 1.95. The number of amides is 1. The van der Waals surface area contributed by atoms with Crippen LogP contribution in [0.25, 0.3) is 0 Å². The lowest BCUT2D eigenvalue weighted by atomic mass is 10.0. The fourth-order valence-electron chi connectivity index (χ4n) is 3.72. The molecule has 2 aliphatic rings. The van der Waals surface area contributed by atoms with Crippen molar-refractivity contribution in [2.75, 3.05) is 6.54 Å². The predicted molar refractivity (Wildman–Crippen MR) is 90.0 cm³/mol. The van der Waals surface area contributed by atoms with Crippen molar-refractivity contribution >= 4 is 5.91 Å². The number of rotatable bonds is 2. The average molecular weight is 352 g/mol. The normalized spacial score (nSPS) is 21.5. The molecule has 0 saturated heterocycles. The van der Waals surface area contributed by atoms with Crippen molar-refractivity contribution < 1.29 is 9.18 Å². The van der Waals surface area contributed by atoms with Crippen LogP contribution in [0.2, 0.25) is 0 Å². The number of fused-ring (bicyclic) bond motifs is 2. The van der Waals surface area contributed by atoms with Crippen LogP contribution in [-0.4, -0.2) is 41.9 Å². The van der Waals surface area contributed by atoms with Crippen LogP contribution in [0.1, 0.15) is 46.3 Å². The van der Waals surface area contributed by atoms with Gasteiger partial charge in [-0.3, -0.25) is 9.48 Å². The standard InChI is InChI=1S/C18H17FN6O/c19-14-10-15(12-4-2-1-3-5-12)25-17(14)21-16(22-25)18(26)23-8-9-24-13(11-23)6-7-20-24/h1-7,14-15H,8-11H2. The van der Waals surface area contributed by atoms with Gasteiger partial charge in [0.15, 0.2) is 12.0 Å². The number of carbonyl (C=O) groups is 1. The number of aromatic nitrogens is 5. The van der Waals surface area contributed by atoms with Gasteiger partial charge in [0.25, 0.3) is 5.91 Å². The lowest BCUT2D eigenvalue weighted by molar-refractivity contribution is 0.0692. The fourth-order valence-corrected chi connectivity index (χ4v) is 3.72. The lowest BCUT2D eigenvalue weighted by Crippen LogP contribution is -2.39. The minimum absolute atomic E-state index is 0.0660. The maximum absolute atomic E-state index is 14.5. The number of hydrogen-bond donors (Lipinski definition) is 0. The summed E-state index contributed by atoms with van der Waals surface area (Å²) in [6, 6.07) is 11.3. The molecule has 0 spiro atoms. The van der Waals surface area contributed by atoms with Gasteiger partial charge < -0.3 is 4.90 Å². The molecule has 1 aromatic carbocycles. The van der Waals surface area contributed by atoms with Gasteiger partial charge in [-0.25, -0.2) is 14.1 Å². The van der Waals surface area contributed by atoms with Crippen molar-refractivity contribution in [1.82, 2.24) is 29.4 Å². The summed E-state index contributed by atoms with van der Waals surface area (Å²) in [6.07, 6.45) is 0.818. The SMILES string of the molecule is O=C(c1nc2n(n1)C(c1ccccc1)CC2F)N1CCn2nccc2C1. The third-order valence-electron chi connectivity index (χ3n) is 5.07. The average Bonchev–Trinajstić information content (AvgIpc) is 3.37. The quantitative estimate of drug-likeness (QED) is 0.709. The molecule has 2 unspecified atom stereocenters. The molecule has 2 aliphatic heterocycles. The molecule has 2 atom stereocenters. The Labute approximate surface area is 149 Å². The van der Waals surface area contributed by atoms with E-state index in [0.717, 1.165) is 11.3 Å². The van der Waals surface area contributed by atoms with E-state index < -0.39 is 6.17 Å². The number of alkyl halides is 1. The highest BCUT2D eigenvalue weighted by molar-refractivity contribution is 5.90. The minimum Gasteiger partial charge on any atom is -0.328 e. The summed E-state index contributed by atoms with van der Waals surface area (Å²) in [5.74, 6) is 0.0406. The zero-order valence-electron chi connectivity index (χ0n) is 14.0. The van der Waals surface area contributed by atoms with Crippen LogP contribution >= 0.6 is 0 Å². The molecule has 0 radical (unpaired) electrons. The Hall–Kier alpha value is -3.03. The van der Waals surface area contributed by atoms with E-state index in [0.29, 0.717) is 26.1 Å². The van der Waals surface area contributed by atoms with Gasteiger partial charge in [-0.2, -0.15) is 5.10 Å². The molecule has 0 N–H and O–H groups in total. The van der Waals surface area contributed by atoms with Crippen molar-refractivity contribution in [3.8, 4) is 0 Å². The lowest BCUT2D eigenvalue weighted by Gasteiger charge is -2.26. The molecule has 1 amide bonds. The Morgan fingerprint density at radius 1 is 1.15 bits per heavy atom. The molecule has 4 heterocycles. The summed E-state index contributed by atoms with van der Waals surface area (Å²) in [4.78, 5) is 18.7. The summed E-state index contributed by atoms with van der Waals surface area (Å²) in [5, 5.41) is 8.58. The molecule has 0 aliphatic carbocycles. The first kappa shape index (κ1) is 15.2. The highest BCUT2D eigenvalue weighted by Crippen LogP contribution is 2.39. The maximum Gasteiger partial charge on any atom is 0.293 e. The molecule has 0 bridgehead atoms. The number of carbonyl (C=O) groups excluding carboxylic acids is 1. The smallest absolute Gasteiger partial charge is 0.293 e. The van der Waals surface area contributed by atoms with Crippen molar-refractivity contribution in [2.24, 2.45) is 0 Å². The molecule has 5 rings (SSSR count). The van der Waals surface area contributed by atoms with Crippen LogP contribution in [0.4, 0.5) is 4.39 Å². The van der Waals surface area contributed by atoms with Crippen LogP contribution in [0.3, 0.4) is 0 Å². The van der Waals surface area contributed by atoms with Crippen LogP contribution in [0.15, 0.2) is 42.6 Å². The third-order valence-corrected chi connectivity index (χ3v) is 5.07. The van der Waals surface area contributed by atoms with E-state index in [-0.39, 0.29) is 23.6 Å². The molecule has 3 aromatic rings. The first-order valence-electron chi connectivity index (χ1n) is 8.66. The third kappa shape index (κ3) is 2.33. The minimum atomic E-state index is -1.21. The number of halogens is 1. The van der Waals surface area contributed by atoms with Gasteiger partial charge in [-0.1, -0.05) is 30.3 Å². The van der Waals surface area contributed by atoms with E-state index in [1.807, 2.05) is 41.1 Å². The Bertz CT molecular complexity index is 965. The van der Waals surface area contributed by atoms with Crippen LogP contribution < -0.4 is 0 Å². The molecule has 26 heavy (non-hydrogen) atoms. The summed E-state index contributed by atoms with van der Waals surface area (Å²) in [6.45, 7) is 1.64. The molecular formula is C18H17FN6O. The van der Waals surface area contributed by atoms with E-state index >= 15 is 0 Å². The van der Waals surface area contributed by atoms with Gasteiger partial charge in [0.05, 0.1) is 24.8 Å². The van der Waals surface area contributed by atoms with E-state index in [9.17, 15) is 9.18 Å². The molecule has 8 heteroatoms. The van der Waals surface area contributed by atoms with Crippen molar-refractivity contribution in [1.29, 1.82) is 0 Å². The molecule has 0 fully saturated rings. The second kappa shape index (κ2) is 5.76. The second-order valence-corrected chi connectivity index (χ2v) is 6.64. The van der Waals surface area contributed by atoms with Crippen molar-refractivity contribution in [3.05, 3.63) is 65.5 Å². The van der Waals surface area contributed by atoms with Crippen LogP contribution in [0, 0.1) is 0 Å². The second-order valence-electron chi connectivity index (χ2n) is 6.64. The van der Waals surface area contributed by atoms with Crippen LogP contribution in [0.5, 0.6) is 0 Å². The van der Waals surface area contributed by atoms with Gasteiger partial charge in [0, 0.05) is 19.2 Å². The van der Waals surface area contributed by atoms with Gasteiger partial charge in [-0.15, -0.1) is 5.10 Å². The van der Waals surface area contributed by atoms with Gasteiger partial charge in [0.2, 0.25) is 5.82 Å². The Balaban J connectivity index is 1.44. The molecule has 132 valence electrons.